The molecule has 21 heavy (non-hydrogen) atoms. The second-order valence-electron chi connectivity index (χ2n) is 5.36. The summed E-state index contributed by atoms with van der Waals surface area (Å²) in [4.78, 5) is 14.2. The number of benzene rings is 1. The number of carbonyl (C=O) groups excluding carboxylic acids is 1. The highest BCUT2D eigenvalue weighted by molar-refractivity contribution is 5.84. The number of morpholine rings is 1. The molecule has 0 bridgehead atoms. The minimum atomic E-state index is 0.162. The largest absolute Gasteiger partial charge is 0.378 e. The van der Waals surface area contributed by atoms with Gasteiger partial charge < -0.3 is 19.5 Å². The van der Waals surface area contributed by atoms with Gasteiger partial charge in [0.15, 0.2) is 0 Å². The number of nitrogens with zero attached hydrogens (tertiary/aromatic N) is 2. The number of hydrogen-bond acceptors (Lipinski definition) is 3. The molecule has 3 rings (SSSR count). The first-order valence-corrected chi connectivity index (χ1v) is 7.36. The van der Waals surface area contributed by atoms with Crippen LogP contribution in [0.4, 0.5) is 0 Å². The molecular weight excluding hydrogens is 266 g/mol. The van der Waals surface area contributed by atoms with E-state index in [1.54, 1.807) is 0 Å². The molecule has 0 spiro atoms. The van der Waals surface area contributed by atoms with Gasteiger partial charge in [0.05, 0.1) is 13.2 Å². The topological polar surface area (TPSA) is 46.5 Å². The molecule has 5 nitrogen and oxygen atoms in total. The minimum absolute atomic E-state index is 0.162. The van der Waals surface area contributed by atoms with Crippen molar-refractivity contribution in [3.63, 3.8) is 0 Å². The number of fused-ring (bicyclic) bond motifs is 1. The summed E-state index contributed by atoms with van der Waals surface area (Å²) in [7, 11) is 1.94. The summed E-state index contributed by atoms with van der Waals surface area (Å²) >= 11 is 0. The van der Waals surface area contributed by atoms with Crippen LogP contribution in [0.5, 0.6) is 0 Å². The summed E-state index contributed by atoms with van der Waals surface area (Å²) in [6.07, 6.45) is 1.99. The first kappa shape index (κ1) is 14.1. The van der Waals surface area contributed by atoms with Crippen molar-refractivity contribution in [1.82, 2.24) is 14.8 Å². The molecule has 0 radical (unpaired) electrons. The van der Waals surface area contributed by atoms with Crippen molar-refractivity contribution >= 4 is 16.8 Å². The lowest BCUT2D eigenvalue weighted by Gasteiger charge is -2.27. The molecule has 1 aliphatic heterocycles. The predicted octanol–water partition coefficient (Wildman–Crippen LogP) is 1.22. The third-order valence-corrected chi connectivity index (χ3v) is 3.89. The van der Waals surface area contributed by atoms with Crippen LogP contribution in [0.1, 0.15) is 5.56 Å². The Hall–Kier alpha value is -1.85. The van der Waals surface area contributed by atoms with Gasteiger partial charge in [0.25, 0.3) is 0 Å². The number of carbonyl (C=O) groups is 1. The van der Waals surface area contributed by atoms with E-state index in [-0.39, 0.29) is 5.91 Å². The highest BCUT2D eigenvalue weighted by Crippen LogP contribution is 2.18. The van der Waals surface area contributed by atoms with E-state index in [0.29, 0.717) is 32.8 Å². The molecule has 2 aromatic rings. The van der Waals surface area contributed by atoms with Crippen LogP contribution >= 0.6 is 0 Å². The van der Waals surface area contributed by atoms with Crippen molar-refractivity contribution in [3.05, 3.63) is 36.0 Å². The Morgan fingerprint density at radius 2 is 2.10 bits per heavy atom. The summed E-state index contributed by atoms with van der Waals surface area (Å²) < 4.78 is 7.31. The van der Waals surface area contributed by atoms with Gasteiger partial charge in [0.2, 0.25) is 5.91 Å². The highest BCUT2D eigenvalue weighted by atomic mass is 16.5. The molecule has 0 aliphatic carbocycles. The summed E-state index contributed by atoms with van der Waals surface area (Å²) in [6.45, 7) is 3.94. The van der Waals surface area contributed by atoms with Crippen molar-refractivity contribution in [2.75, 3.05) is 33.4 Å². The summed E-state index contributed by atoms with van der Waals surface area (Å²) in [5.74, 6) is 0.162. The molecule has 0 unspecified atom stereocenters. The van der Waals surface area contributed by atoms with Crippen molar-refractivity contribution in [2.45, 2.75) is 13.1 Å². The summed E-state index contributed by atoms with van der Waals surface area (Å²) in [5.41, 5.74) is 2.36. The number of aromatic nitrogens is 1. The van der Waals surface area contributed by atoms with Crippen LogP contribution in [-0.4, -0.2) is 48.7 Å². The Labute approximate surface area is 124 Å². The Bertz CT molecular complexity index is 629. The third-order valence-electron chi connectivity index (χ3n) is 3.89. The van der Waals surface area contributed by atoms with E-state index in [9.17, 15) is 4.79 Å². The van der Waals surface area contributed by atoms with Crippen LogP contribution in [0, 0.1) is 0 Å². The number of rotatable bonds is 4. The predicted molar refractivity (Wildman–Crippen MR) is 82.1 cm³/mol. The van der Waals surface area contributed by atoms with Crippen LogP contribution in [0.15, 0.2) is 30.5 Å². The molecule has 2 heterocycles. The maximum Gasteiger partial charge on any atom is 0.242 e. The SMILES string of the molecule is CNCc1ccc2c(ccn2CC(=O)N2CCOCC2)c1. The van der Waals surface area contributed by atoms with Crippen LogP contribution in [0.2, 0.25) is 0 Å². The third kappa shape index (κ3) is 3.09. The van der Waals surface area contributed by atoms with Gasteiger partial charge in [0.1, 0.15) is 6.54 Å². The Morgan fingerprint density at radius 1 is 1.29 bits per heavy atom. The normalized spacial score (nSPS) is 15.6. The van der Waals surface area contributed by atoms with Gasteiger partial charge >= 0.3 is 0 Å². The molecule has 1 amide bonds. The number of amides is 1. The Kier molecular flexibility index (Phi) is 4.22. The van der Waals surface area contributed by atoms with E-state index in [0.717, 1.165) is 12.1 Å². The van der Waals surface area contributed by atoms with E-state index in [1.807, 2.05) is 22.7 Å². The van der Waals surface area contributed by atoms with Crippen molar-refractivity contribution in [1.29, 1.82) is 0 Å². The van der Waals surface area contributed by atoms with Crippen LogP contribution in [0.25, 0.3) is 10.9 Å². The zero-order chi connectivity index (χ0) is 14.7. The maximum absolute atomic E-state index is 12.3. The van der Waals surface area contributed by atoms with Gasteiger partial charge in [-0.25, -0.2) is 0 Å². The van der Waals surface area contributed by atoms with Gasteiger partial charge in [-0.3, -0.25) is 4.79 Å². The fraction of sp³-hybridized carbons (Fsp3) is 0.438. The molecule has 1 aromatic heterocycles. The van der Waals surface area contributed by atoms with Crippen LogP contribution in [0.3, 0.4) is 0 Å². The van der Waals surface area contributed by atoms with Crippen molar-refractivity contribution in [2.24, 2.45) is 0 Å². The minimum Gasteiger partial charge on any atom is -0.378 e. The van der Waals surface area contributed by atoms with Gasteiger partial charge in [-0.1, -0.05) is 6.07 Å². The maximum atomic E-state index is 12.3. The zero-order valence-electron chi connectivity index (χ0n) is 12.3. The summed E-state index contributed by atoms with van der Waals surface area (Å²) in [6, 6.07) is 8.44. The van der Waals surface area contributed by atoms with E-state index in [1.165, 1.54) is 10.9 Å². The lowest BCUT2D eigenvalue weighted by Crippen LogP contribution is -2.42. The number of ether oxygens (including phenoxy) is 1. The molecule has 0 saturated carbocycles. The standard InChI is InChI=1S/C16H21N3O2/c1-17-11-13-2-3-15-14(10-13)4-5-19(15)12-16(20)18-6-8-21-9-7-18/h2-5,10,17H,6-9,11-12H2,1H3. The van der Waals surface area contributed by atoms with Crippen LogP contribution in [-0.2, 0) is 22.6 Å². The fourth-order valence-corrected chi connectivity index (χ4v) is 2.76. The van der Waals surface area contributed by atoms with Gasteiger partial charge in [0, 0.05) is 31.3 Å². The molecule has 1 aromatic carbocycles. The van der Waals surface area contributed by atoms with Crippen LogP contribution < -0.4 is 5.32 Å². The average molecular weight is 287 g/mol. The van der Waals surface area contributed by atoms with Crippen molar-refractivity contribution in [3.8, 4) is 0 Å². The quantitative estimate of drug-likeness (QED) is 0.920. The molecule has 1 aliphatic rings. The molecule has 5 heteroatoms. The van der Waals surface area contributed by atoms with Crippen molar-refractivity contribution < 1.29 is 9.53 Å². The molecule has 1 saturated heterocycles. The Morgan fingerprint density at radius 3 is 2.86 bits per heavy atom. The molecule has 1 N–H and O–H groups in total. The molecule has 0 atom stereocenters. The van der Waals surface area contributed by atoms with E-state index >= 15 is 0 Å². The summed E-state index contributed by atoms with van der Waals surface area (Å²) in [5, 5.41) is 4.33. The Balaban J connectivity index is 1.76. The first-order valence-electron chi connectivity index (χ1n) is 7.36. The van der Waals surface area contributed by atoms with Gasteiger partial charge in [-0.05, 0) is 36.2 Å². The van der Waals surface area contributed by atoms with E-state index < -0.39 is 0 Å². The van der Waals surface area contributed by atoms with Gasteiger partial charge in [-0.2, -0.15) is 0 Å². The monoisotopic (exact) mass is 287 g/mol. The lowest BCUT2D eigenvalue weighted by atomic mass is 10.1. The lowest BCUT2D eigenvalue weighted by molar-refractivity contribution is -0.135. The fourth-order valence-electron chi connectivity index (χ4n) is 2.76. The van der Waals surface area contributed by atoms with E-state index in [4.69, 9.17) is 4.74 Å². The highest BCUT2D eigenvalue weighted by Gasteiger charge is 2.17. The molecular formula is C16H21N3O2. The second kappa shape index (κ2) is 6.28. The first-order chi connectivity index (χ1) is 10.3. The van der Waals surface area contributed by atoms with E-state index in [2.05, 4.69) is 29.6 Å². The zero-order valence-corrected chi connectivity index (χ0v) is 12.3. The molecule has 112 valence electrons. The second-order valence-corrected chi connectivity index (χ2v) is 5.36. The van der Waals surface area contributed by atoms with Gasteiger partial charge in [-0.15, -0.1) is 0 Å². The average Bonchev–Trinajstić information content (AvgIpc) is 2.91. The number of hydrogen-bond donors (Lipinski definition) is 1. The molecule has 1 fully saturated rings. The number of nitrogens with one attached hydrogen (secondary N) is 1. The smallest absolute Gasteiger partial charge is 0.242 e.